The minimum Gasteiger partial charge on any atom is -0.378 e. The van der Waals surface area contributed by atoms with Gasteiger partial charge in [0.1, 0.15) is 0 Å². The molecule has 1 aromatic rings. The first-order chi connectivity index (χ1) is 9.79. The Kier molecular flexibility index (Phi) is 5.73. The molecule has 0 bridgehead atoms. The third-order valence-corrected chi connectivity index (χ3v) is 3.22. The second kappa shape index (κ2) is 7.79. The number of unbranched alkanes of at least 4 members (excludes halogenated alkanes) is 1. The van der Waals surface area contributed by atoms with Crippen LogP contribution in [-0.2, 0) is 16.1 Å². The number of carbonyl (C=O) groups excluding carboxylic acids is 1. The van der Waals surface area contributed by atoms with E-state index in [0.29, 0.717) is 32.1 Å². The molecule has 6 heteroatoms. The zero-order valence-corrected chi connectivity index (χ0v) is 12.0. The third-order valence-electron chi connectivity index (χ3n) is 3.22. The maximum absolute atomic E-state index is 11.6. The van der Waals surface area contributed by atoms with Crippen LogP contribution in [0.1, 0.15) is 31.9 Å². The van der Waals surface area contributed by atoms with E-state index < -0.39 is 0 Å². The molecule has 110 valence electrons. The summed E-state index contributed by atoms with van der Waals surface area (Å²) in [6, 6.07) is 1.84. The Morgan fingerprint density at radius 1 is 1.45 bits per heavy atom. The van der Waals surface area contributed by atoms with Crippen molar-refractivity contribution in [3.63, 3.8) is 0 Å². The van der Waals surface area contributed by atoms with E-state index in [1.807, 2.05) is 6.07 Å². The number of anilines is 1. The normalized spacial score (nSPS) is 15.2. The van der Waals surface area contributed by atoms with Crippen molar-refractivity contribution in [1.29, 1.82) is 0 Å². The molecule has 0 spiro atoms. The van der Waals surface area contributed by atoms with Crippen LogP contribution in [0.2, 0.25) is 0 Å². The first-order valence-corrected chi connectivity index (χ1v) is 7.21. The summed E-state index contributed by atoms with van der Waals surface area (Å²) in [6.07, 6.45) is 4.28. The molecule has 1 amide bonds. The summed E-state index contributed by atoms with van der Waals surface area (Å²) >= 11 is 0. The van der Waals surface area contributed by atoms with Gasteiger partial charge in [0.25, 0.3) is 0 Å². The number of aromatic nitrogens is 2. The lowest BCUT2D eigenvalue weighted by molar-refractivity contribution is -0.121. The second-order valence-corrected chi connectivity index (χ2v) is 4.83. The molecule has 0 unspecified atom stereocenters. The van der Waals surface area contributed by atoms with Crippen LogP contribution < -0.4 is 10.2 Å². The van der Waals surface area contributed by atoms with Gasteiger partial charge >= 0.3 is 0 Å². The molecule has 0 radical (unpaired) electrons. The van der Waals surface area contributed by atoms with Gasteiger partial charge in [0.05, 0.1) is 25.5 Å². The predicted octanol–water partition coefficient (Wildman–Crippen LogP) is 1.12. The molecule has 0 saturated carbocycles. The zero-order valence-electron chi connectivity index (χ0n) is 12.0. The van der Waals surface area contributed by atoms with Crippen molar-refractivity contribution >= 4 is 11.9 Å². The van der Waals surface area contributed by atoms with Gasteiger partial charge in [0.15, 0.2) is 0 Å². The maximum atomic E-state index is 11.6. The van der Waals surface area contributed by atoms with Gasteiger partial charge in [0, 0.05) is 25.7 Å². The van der Waals surface area contributed by atoms with Crippen molar-refractivity contribution in [3.05, 3.63) is 18.0 Å². The summed E-state index contributed by atoms with van der Waals surface area (Å²) in [7, 11) is 0. The van der Waals surface area contributed by atoms with Gasteiger partial charge in [-0.1, -0.05) is 13.3 Å². The Morgan fingerprint density at radius 2 is 2.25 bits per heavy atom. The molecule has 20 heavy (non-hydrogen) atoms. The van der Waals surface area contributed by atoms with E-state index in [4.69, 9.17) is 4.74 Å². The van der Waals surface area contributed by atoms with Gasteiger partial charge in [-0.05, 0) is 12.5 Å². The molecule has 1 N–H and O–H groups in total. The van der Waals surface area contributed by atoms with Gasteiger partial charge in [-0.3, -0.25) is 4.79 Å². The predicted molar refractivity (Wildman–Crippen MR) is 76.4 cm³/mol. The van der Waals surface area contributed by atoms with Crippen molar-refractivity contribution in [1.82, 2.24) is 15.3 Å². The Balaban J connectivity index is 1.87. The highest BCUT2D eigenvalue weighted by Gasteiger charge is 2.14. The number of nitrogens with zero attached hydrogens (tertiary/aromatic N) is 3. The summed E-state index contributed by atoms with van der Waals surface area (Å²) in [4.78, 5) is 22.5. The summed E-state index contributed by atoms with van der Waals surface area (Å²) in [6.45, 7) is 5.58. The molecule has 1 fully saturated rings. The molecular weight excluding hydrogens is 256 g/mol. The SMILES string of the molecule is CCCCC(=O)NCc1ccnc(N2CCOCC2)n1. The molecular formula is C14H22N4O2. The lowest BCUT2D eigenvalue weighted by Crippen LogP contribution is -2.37. The van der Waals surface area contributed by atoms with Crippen LogP contribution in [0.5, 0.6) is 0 Å². The van der Waals surface area contributed by atoms with Crippen LogP contribution in [0.15, 0.2) is 12.3 Å². The van der Waals surface area contributed by atoms with E-state index in [1.54, 1.807) is 6.20 Å². The molecule has 6 nitrogen and oxygen atoms in total. The zero-order chi connectivity index (χ0) is 14.2. The maximum Gasteiger partial charge on any atom is 0.225 e. The Bertz CT molecular complexity index is 433. The number of hydrogen-bond donors (Lipinski definition) is 1. The van der Waals surface area contributed by atoms with E-state index in [-0.39, 0.29) is 5.91 Å². The lowest BCUT2D eigenvalue weighted by atomic mass is 10.2. The number of ether oxygens (including phenoxy) is 1. The average Bonchev–Trinajstić information content (AvgIpc) is 2.52. The number of morpholine rings is 1. The molecule has 1 aromatic heterocycles. The highest BCUT2D eigenvalue weighted by Crippen LogP contribution is 2.09. The van der Waals surface area contributed by atoms with Crippen LogP contribution >= 0.6 is 0 Å². The van der Waals surface area contributed by atoms with E-state index in [2.05, 4.69) is 27.1 Å². The van der Waals surface area contributed by atoms with E-state index >= 15 is 0 Å². The Morgan fingerprint density at radius 3 is 3.00 bits per heavy atom. The van der Waals surface area contributed by atoms with Crippen LogP contribution in [-0.4, -0.2) is 42.2 Å². The number of nitrogens with one attached hydrogen (secondary N) is 1. The minimum absolute atomic E-state index is 0.0818. The summed E-state index contributed by atoms with van der Waals surface area (Å²) in [5, 5.41) is 2.89. The monoisotopic (exact) mass is 278 g/mol. The summed E-state index contributed by atoms with van der Waals surface area (Å²) in [5.74, 6) is 0.798. The average molecular weight is 278 g/mol. The van der Waals surface area contributed by atoms with Gasteiger partial charge in [0.2, 0.25) is 11.9 Å². The molecule has 1 saturated heterocycles. The van der Waals surface area contributed by atoms with Gasteiger partial charge < -0.3 is 15.0 Å². The molecule has 0 aromatic carbocycles. The molecule has 1 aliphatic rings. The molecule has 2 rings (SSSR count). The number of carbonyl (C=O) groups is 1. The quantitative estimate of drug-likeness (QED) is 0.844. The molecule has 2 heterocycles. The molecule has 0 aliphatic carbocycles. The lowest BCUT2D eigenvalue weighted by Gasteiger charge is -2.26. The molecule has 0 atom stereocenters. The van der Waals surface area contributed by atoms with Crippen LogP contribution in [0, 0.1) is 0 Å². The highest BCUT2D eigenvalue weighted by atomic mass is 16.5. The van der Waals surface area contributed by atoms with E-state index in [1.165, 1.54) is 0 Å². The van der Waals surface area contributed by atoms with E-state index in [0.717, 1.165) is 31.6 Å². The number of hydrogen-bond acceptors (Lipinski definition) is 5. The Hall–Kier alpha value is -1.69. The number of amides is 1. The van der Waals surface area contributed by atoms with Gasteiger partial charge in [-0.2, -0.15) is 0 Å². The van der Waals surface area contributed by atoms with Crippen molar-refractivity contribution < 1.29 is 9.53 Å². The standard InChI is InChI=1S/C14H22N4O2/c1-2-3-4-13(19)16-11-12-5-6-15-14(17-12)18-7-9-20-10-8-18/h5-6H,2-4,7-11H2,1H3,(H,16,19). The fourth-order valence-corrected chi connectivity index (χ4v) is 2.01. The highest BCUT2D eigenvalue weighted by molar-refractivity contribution is 5.75. The van der Waals surface area contributed by atoms with Crippen LogP contribution in [0.3, 0.4) is 0 Å². The number of rotatable bonds is 6. The van der Waals surface area contributed by atoms with Gasteiger partial charge in [-0.25, -0.2) is 9.97 Å². The second-order valence-electron chi connectivity index (χ2n) is 4.83. The first kappa shape index (κ1) is 14.7. The van der Waals surface area contributed by atoms with Crippen LogP contribution in [0.4, 0.5) is 5.95 Å². The third kappa shape index (κ3) is 4.45. The fourth-order valence-electron chi connectivity index (χ4n) is 2.01. The summed E-state index contributed by atoms with van der Waals surface area (Å²) < 4.78 is 5.31. The summed E-state index contributed by atoms with van der Waals surface area (Å²) in [5.41, 5.74) is 0.839. The van der Waals surface area contributed by atoms with E-state index in [9.17, 15) is 4.79 Å². The molecule has 1 aliphatic heterocycles. The van der Waals surface area contributed by atoms with Crippen molar-refractivity contribution in [2.45, 2.75) is 32.7 Å². The topological polar surface area (TPSA) is 67.4 Å². The largest absolute Gasteiger partial charge is 0.378 e. The minimum atomic E-state index is 0.0818. The Labute approximate surface area is 119 Å². The van der Waals surface area contributed by atoms with Crippen LogP contribution in [0.25, 0.3) is 0 Å². The van der Waals surface area contributed by atoms with Crippen molar-refractivity contribution in [2.24, 2.45) is 0 Å². The first-order valence-electron chi connectivity index (χ1n) is 7.21. The van der Waals surface area contributed by atoms with Gasteiger partial charge in [-0.15, -0.1) is 0 Å². The van der Waals surface area contributed by atoms with Crippen molar-refractivity contribution in [2.75, 3.05) is 31.2 Å². The smallest absolute Gasteiger partial charge is 0.225 e. The van der Waals surface area contributed by atoms with Crippen molar-refractivity contribution in [3.8, 4) is 0 Å². The fraction of sp³-hybridized carbons (Fsp3) is 0.643.